The summed E-state index contributed by atoms with van der Waals surface area (Å²) in [5, 5.41) is 7.15. The summed E-state index contributed by atoms with van der Waals surface area (Å²) in [5.74, 6) is 0.161. The fourth-order valence-electron chi connectivity index (χ4n) is 3.19. The molecule has 140 valence electrons. The second-order valence-corrected chi connectivity index (χ2v) is 6.64. The van der Waals surface area contributed by atoms with Crippen LogP contribution in [0.4, 0.5) is 5.69 Å². The summed E-state index contributed by atoms with van der Waals surface area (Å²) in [7, 11) is 0. The number of hydrogen-bond donors (Lipinski definition) is 1. The molecule has 1 N–H and O–H groups in total. The summed E-state index contributed by atoms with van der Waals surface area (Å²) in [6, 6.07) is 10.5. The van der Waals surface area contributed by atoms with Gasteiger partial charge in [0.15, 0.2) is 11.5 Å². The first kappa shape index (κ1) is 18.5. The van der Waals surface area contributed by atoms with Crippen LogP contribution in [0.3, 0.4) is 0 Å². The molecule has 0 unspecified atom stereocenters. The van der Waals surface area contributed by atoms with Crippen molar-refractivity contribution in [3.63, 3.8) is 0 Å². The Hall–Kier alpha value is -2.34. The smallest absolute Gasteiger partial charge is 0.360 e. The first-order valence-corrected chi connectivity index (χ1v) is 9.38. The second kappa shape index (κ2) is 8.85. The molecule has 0 aliphatic carbocycles. The number of carbonyl (C=O) groups is 1. The molecular weight excluding hydrogens is 330 g/mol. The minimum atomic E-state index is -0.455. The molecule has 1 fully saturated rings. The van der Waals surface area contributed by atoms with Gasteiger partial charge in [-0.3, -0.25) is 0 Å². The van der Waals surface area contributed by atoms with Gasteiger partial charge in [-0.1, -0.05) is 17.3 Å². The van der Waals surface area contributed by atoms with Crippen molar-refractivity contribution in [3.8, 4) is 0 Å². The lowest BCUT2D eigenvalue weighted by Crippen LogP contribution is -2.29. The number of benzene rings is 1. The summed E-state index contributed by atoms with van der Waals surface area (Å²) in [4.78, 5) is 14.1. The Bertz CT molecular complexity index is 705. The molecule has 1 aromatic carbocycles. The molecule has 1 atom stereocenters. The Morgan fingerprint density at radius 1 is 1.27 bits per heavy atom. The van der Waals surface area contributed by atoms with Crippen LogP contribution in [0.5, 0.6) is 0 Å². The van der Waals surface area contributed by atoms with Crippen molar-refractivity contribution in [2.75, 3.05) is 24.6 Å². The lowest BCUT2D eigenvalue weighted by Gasteiger charge is -2.29. The molecule has 1 aliphatic rings. The molecule has 3 rings (SSSR count). The van der Waals surface area contributed by atoms with Crippen molar-refractivity contribution in [1.82, 2.24) is 10.5 Å². The van der Waals surface area contributed by atoms with E-state index >= 15 is 0 Å². The fourth-order valence-corrected chi connectivity index (χ4v) is 3.19. The highest BCUT2D eigenvalue weighted by Crippen LogP contribution is 2.22. The zero-order valence-corrected chi connectivity index (χ0v) is 15.5. The topological polar surface area (TPSA) is 67.6 Å². The molecule has 6 nitrogen and oxygen atoms in total. The van der Waals surface area contributed by atoms with Gasteiger partial charge in [0.25, 0.3) is 0 Å². The molecule has 0 bridgehead atoms. The van der Waals surface area contributed by atoms with Crippen LogP contribution in [0.25, 0.3) is 0 Å². The standard InChI is InChI=1S/C20H27N3O3/c1-3-25-20(24)19-13-18(26-22-19)14-21-15(2)16-7-9-17(10-8-16)23-11-5-4-6-12-23/h7-10,13,15,21H,3-6,11-12,14H2,1-2H3/t15-/m1/s1. The Kier molecular flexibility index (Phi) is 6.28. The molecule has 0 spiro atoms. The third-order valence-electron chi connectivity index (χ3n) is 4.74. The Labute approximate surface area is 154 Å². The molecule has 0 radical (unpaired) electrons. The van der Waals surface area contributed by atoms with E-state index in [4.69, 9.17) is 9.26 Å². The highest BCUT2D eigenvalue weighted by Gasteiger charge is 2.15. The summed E-state index contributed by atoms with van der Waals surface area (Å²) < 4.78 is 10.1. The zero-order valence-electron chi connectivity index (χ0n) is 15.5. The SMILES string of the molecule is CCOC(=O)c1cc(CN[C@H](C)c2ccc(N3CCCCC3)cc2)on1. The zero-order chi connectivity index (χ0) is 18.4. The number of anilines is 1. The molecule has 6 heteroatoms. The molecular formula is C20H27N3O3. The van der Waals surface area contributed by atoms with Crippen LogP contribution in [-0.4, -0.2) is 30.8 Å². The van der Waals surface area contributed by atoms with E-state index in [9.17, 15) is 4.79 Å². The number of aromatic nitrogens is 1. The van der Waals surface area contributed by atoms with Crippen LogP contribution in [-0.2, 0) is 11.3 Å². The summed E-state index contributed by atoms with van der Waals surface area (Å²) >= 11 is 0. The lowest BCUT2D eigenvalue weighted by molar-refractivity contribution is 0.0514. The number of piperidine rings is 1. The molecule has 1 aromatic heterocycles. The van der Waals surface area contributed by atoms with Crippen LogP contribution < -0.4 is 10.2 Å². The van der Waals surface area contributed by atoms with Crippen LogP contribution in [0.2, 0.25) is 0 Å². The fraction of sp³-hybridized carbons (Fsp3) is 0.500. The van der Waals surface area contributed by atoms with Gasteiger partial charge in [-0.05, 0) is 50.8 Å². The Morgan fingerprint density at radius 3 is 2.69 bits per heavy atom. The van der Waals surface area contributed by atoms with E-state index in [0.717, 1.165) is 13.1 Å². The third kappa shape index (κ3) is 4.64. The minimum Gasteiger partial charge on any atom is -0.461 e. The summed E-state index contributed by atoms with van der Waals surface area (Å²) in [5.41, 5.74) is 2.73. The monoisotopic (exact) mass is 357 g/mol. The van der Waals surface area contributed by atoms with E-state index in [-0.39, 0.29) is 11.7 Å². The molecule has 2 heterocycles. The van der Waals surface area contributed by atoms with Crippen molar-refractivity contribution in [2.24, 2.45) is 0 Å². The largest absolute Gasteiger partial charge is 0.461 e. The van der Waals surface area contributed by atoms with Gasteiger partial charge in [0.1, 0.15) is 0 Å². The van der Waals surface area contributed by atoms with E-state index < -0.39 is 5.97 Å². The molecule has 0 amide bonds. The van der Waals surface area contributed by atoms with E-state index in [1.807, 2.05) is 0 Å². The van der Waals surface area contributed by atoms with Crippen molar-refractivity contribution < 1.29 is 14.1 Å². The van der Waals surface area contributed by atoms with E-state index in [1.54, 1.807) is 13.0 Å². The van der Waals surface area contributed by atoms with Crippen molar-refractivity contribution in [1.29, 1.82) is 0 Å². The summed E-state index contributed by atoms with van der Waals surface area (Å²) in [6.45, 7) is 7.01. The van der Waals surface area contributed by atoms with Gasteiger partial charge in [0, 0.05) is 30.9 Å². The number of nitrogens with one attached hydrogen (secondary N) is 1. The maximum absolute atomic E-state index is 11.6. The van der Waals surface area contributed by atoms with E-state index in [0.29, 0.717) is 18.9 Å². The highest BCUT2D eigenvalue weighted by molar-refractivity contribution is 5.87. The number of hydrogen-bond acceptors (Lipinski definition) is 6. The molecule has 2 aromatic rings. The van der Waals surface area contributed by atoms with Gasteiger partial charge in [-0.15, -0.1) is 0 Å². The molecule has 1 aliphatic heterocycles. The van der Waals surface area contributed by atoms with Crippen LogP contribution in [0, 0.1) is 0 Å². The number of carbonyl (C=O) groups excluding carboxylic acids is 1. The van der Waals surface area contributed by atoms with Gasteiger partial charge in [-0.2, -0.15) is 0 Å². The van der Waals surface area contributed by atoms with Crippen LogP contribution >= 0.6 is 0 Å². The maximum Gasteiger partial charge on any atom is 0.360 e. The van der Waals surface area contributed by atoms with Crippen LogP contribution in [0.1, 0.15) is 61.0 Å². The van der Waals surface area contributed by atoms with Gasteiger partial charge >= 0.3 is 5.97 Å². The van der Waals surface area contributed by atoms with Gasteiger partial charge in [0.2, 0.25) is 0 Å². The lowest BCUT2D eigenvalue weighted by atomic mass is 10.1. The summed E-state index contributed by atoms with van der Waals surface area (Å²) in [6.07, 6.45) is 3.91. The second-order valence-electron chi connectivity index (χ2n) is 6.64. The average molecular weight is 357 g/mol. The predicted octanol–water partition coefficient (Wildman–Crippen LogP) is 3.69. The van der Waals surface area contributed by atoms with Crippen molar-refractivity contribution in [3.05, 3.63) is 47.3 Å². The number of nitrogens with zero attached hydrogens (tertiary/aromatic N) is 2. The third-order valence-corrected chi connectivity index (χ3v) is 4.74. The minimum absolute atomic E-state index is 0.168. The Balaban J connectivity index is 1.53. The van der Waals surface area contributed by atoms with Crippen LogP contribution in [0.15, 0.2) is 34.9 Å². The van der Waals surface area contributed by atoms with E-state index in [1.165, 1.54) is 30.5 Å². The maximum atomic E-state index is 11.6. The van der Waals surface area contributed by atoms with Gasteiger partial charge < -0.3 is 19.5 Å². The Morgan fingerprint density at radius 2 is 2.00 bits per heavy atom. The normalized spacial score (nSPS) is 15.7. The number of ether oxygens (including phenoxy) is 1. The van der Waals surface area contributed by atoms with Gasteiger partial charge in [0.05, 0.1) is 13.2 Å². The first-order chi connectivity index (χ1) is 12.7. The molecule has 1 saturated heterocycles. The molecule has 26 heavy (non-hydrogen) atoms. The van der Waals surface area contributed by atoms with Crippen molar-refractivity contribution >= 4 is 11.7 Å². The predicted molar refractivity (Wildman–Crippen MR) is 100 cm³/mol. The first-order valence-electron chi connectivity index (χ1n) is 9.38. The van der Waals surface area contributed by atoms with E-state index in [2.05, 4.69) is 46.6 Å². The highest BCUT2D eigenvalue weighted by atomic mass is 16.5. The van der Waals surface area contributed by atoms with Gasteiger partial charge in [-0.25, -0.2) is 4.79 Å². The molecule has 0 saturated carbocycles. The number of rotatable bonds is 7. The quantitative estimate of drug-likeness (QED) is 0.762. The number of esters is 1. The van der Waals surface area contributed by atoms with Crippen molar-refractivity contribution in [2.45, 2.75) is 45.7 Å². The average Bonchev–Trinajstić information content (AvgIpc) is 3.16.